The summed E-state index contributed by atoms with van der Waals surface area (Å²) in [6.07, 6.45) is 14.2. The van der Waals surface area contributed by atoms with Crippen LogP contribution in [0.3, 0.4) is 0 Å². The van der Waals surface area contributed by atoms with Crippen LogP contribution in [0, 0.1) is 5.92 Å². The Morgan fingerprint density at radius 2 is 1.90 bits per heavy atom. The molecule has 3 heteroatoms. The van der Waals surface area contributed by atoms with Crippen LogP contribution in [-0.4, -0.2) is 31.0 Å². The topological polar surface area (TPSA) is 44.5 Å². The lowest BCUT2D eigenvalue weighted by Gasteiger charge is -2.45. The van der Waals surface area contributed by atoms with Crippen LogP contribution < -0.4 is 5.73 Å². The van der Waals surface area contributed by atoms with Gasteiger partial charge < -0.3 is 15.2 Å². The molecule has 0 amide bonds. The summed E-state index contributed by atoms with van der Waals surface area (Å²) < 4.78 is 11.9. The molecule has 3 rings (SSSR count). The Hall–Kier alpha value is -0.120. The van der Waals surface area contributed by atoms with Crippen molar-refractivity contribution in [1.29, 1.82) is 0 Å². The summed E-state index contributed by atoms with van der Waals surface area (Å²) in [6.45, 7) is 1.89. The molecular formula is C17H31NO2. The summed E-state index contributed by atoms with van der Waals surface area (Å²) in [7, 11) is 0. The van der Waals surface area contributed by atoms with Crippen molar-refractivity contribution in [2.24, 2.45) is 11.7 Å². The van der Waals surface area contributed by atoms with Gasteiger partial charge >= 0.3 is 0 Å². The highest BCUT2D eigenvalue weighted by atomic mass is 16.5. The van der Waals surface area contributed by atoms with Crippen LogP contribution in [0.4, 0.5) is 0 Å². The van der Waals surface area contributed by atoms with E-state index in [1.54, 1.807) is 0 Å². The Morgan fingerprint density at radius 3 is 2.65 bits per heavy atom. The van der Waals surface area contributed by atoms with Crippen LogP contribution in [0.5, 0.6) is 0 Å². The van der Waals surface area contributed by atoms with E-state index in [9.17, 15) is 0 Å². The molecule has 116 valence electrons. The van der Waals surface area contributed by atoms with Gasteiger partial charge in [0.2, 0.25) is 0 Å². The molecular weight excluding hydrogens is 250 g/mol. The quantitative estimate of drug-likeness (QED) is 0.859. The van der Waals surface area contributed by atoms with E-state index >= 15 is 0 Å². The predicted octanol–water partition coefficient (Wildman–Crippen LogP) is 3.40. The van der Waals surface area contributed by atoms with Crippen molar-refractivity contribution in [1.82, 2.24) is 0 Å². The van der Waals surface area contributed by atoms with E-state index in [2.05, 4.69) is 0 Å². The van der Waals surface area contributed by atoms with Crippen LogP contribution in [0.25, 0.3) is 0 Å². The molecule has 1 saturated carbocycles. The van der Waals surface area contributed by atoms with Gasteiger partial charge in [0.25, 0.3) is 0 Å². The number of ether oxygens (including phenoxy) is 2. The first-order chi connectivity index (χ1) is 9.77. The maximum Gasteiger partial charge on any atom is 0.0685 e. The van der Waals surface area contributed by atoms with Crippen molar-refractivity contribution in [3.63, 3.8) is 0 Å². The van der Waals surface area contributed by atoms with E-state index in [0.717, 1.165) is 32.5 Å². The molecule has 0 aromatic carbocycles. The minimum absolute atomic E-state index is 0.197. The summed E-state index contributed by atoms with van der Waals surface area (Å²) in [5.41, 5.74) is 6.70. The number of rotatable bonds is 4. The van der Waals surface area contributed by atoms with Crippen molar-refractivity contribution in [3.8, 4) is 0 Å². The largest absolute Gasteiger partial charge is 0.378 e. The van der Waals surface area contributed by atoms with Crippen molar-refractivity contribution in [2.75, 3.05) is 13.2 Å². The van der Waals surface area contributed by atoms with E-state index in [1.807, 2.05) is 0 Å². The molecule has 2 aliphatic heterocycles. The Kier molecular flexibility index (Phi) is 5.00. The van der Waals surface area contributed by atoms with Gasteiger partial charge in [-0.25, -0.2) is 0 Å². The van der Waals surface area contributed by atoms with E-state index in [-0.39, 0.29) is 5.60 Å². The summed E-state index contributed by atoms with van der Waals surface area (Å²) in [5.74, 6) is 0.670. The third-order valence-corrected chi connectivity index (χ3v) is 5.75. The molecule has 3 unspecified atom stereocenters. The van der Waals surface area contributed by atoms with Gasteiger partial charge in [0.05, 0.1) is 11.7 Å². The highest BCUT2D eigenvalue weighted by Gasteiger charge is 2.40. The summed E-state index contributed by atoms with van der Waals surface area (Å²) in [5, 5.41) is 0. The Morgan fingerprint density at radius 1 is 1.05 bits per heavy atom. The zero-order valence-electron chi connectivity index (χ0n) is 12.8. The molecule has 0 aromatic heterocycles. The third kappa shape index (κ3) is 3.55. The fraction of sp³-hybridized carbons (Fsp3) is 1.00. The Labute approximate surface area is 123 Å². The van der Waals surface area contributed by atoms with Crippen LogP contribution in [0.1, 0.15) is 70.6 Å². The highest BCUT2D eigenvalue weighted by molar-refractivity contribution is 4.92. The van der Waals surface area contributed by atoms with Gasteiger partial charge in [-0.1, -0.05) is 19.3 Å². The third-order valence-electron chi connectivity index (χ3n) is 5.75. The van der Waals surface area contributed by atoms with E-state index in [4.69, 9.17) is 15.2 Å². The average molecular weight is 281 g/mol. The maximum absolute atomic E-state index is 6.51. The molecule has 2 N–H and O–H groups in total. The van der Waals surface area contributed by atoms with Crippen LogP contribution >= 0.6 is 0 Å². The van der Waals surface area contributed by atoms with Crippen molar-refractivity contribution in [3.05, 3.63) is 0 Å². The zero-order chi connectivity index (χ0) is 13.8. The molecule has 20 heavy (non-hydrogen) atoms. The minimum Gasteiger partial charge on any atom is -0.378 e. The number of hydrogen-bond donors (Lipinski definition) is 1. The Bertz CT molecular complexity index is 290. The van der Waals surface area contributed by atoms with Gasteiger partial charge in [-0.3, -0.25) is 0 Å². The molecule has 0 radical (unpaired) electrons. The molecule has 2 saturated heterocycles. The summed E-state index contributed by atoms with van der Waals surface area (Å²) >= 11 is 0. The second-order valence-corrected chi connectivity index (χ2v) is 7.22. The molecule has 0 aromatic rings. The van der Waals surface area contributed by atoms with Crippen LogP contribution in [0.2, 0.25) is 0 Å². The number of hydrogen-bond acceptors (Lipinski definition) is 3. The molecule has 3 nitrogen and oxygen atoms in total. The van der Waals surface area contributed by atoms with Crippen molar-refractivity contribution >= 4 is 0 Å². The second-order valence-electron chi connectivity index (χ2n) is 7.22. The van der Waals surface area contributed by atoms with E-state index in [1.165, 1.54) is 51.4 Å². The zero-order valence-corrected chi connectivity index (χ0v) is 12.8. The molecule has 3 aliphatic rings. The first-order valence-corrected chi connectivity index (χ1v) is 8.79. The predicted molar refractivity (Wildman–Crippen MR) is 80.7 cm³/mol. The lowest BCUT2D eigenvalue weighted by atomic mass is 9.73. The van der Waals surface area contributed by atoms with E-state index in [0.29, 0.717) is 18.1 Å². The van der Waals surface area contributed by atoms with Crippen LogP contribution in [-0.2, 0) is 9.47 Å². The lowest BCUT2D eigenvalue weighted by Crippen LogP contribution is -2.46. The molecule has 0 bridgehead atoms. The summed E-state index contributed by atoms with van der Waals surface area (Å²) in [4.78, 5) is 0. The van der Waals surface area contributed by atoms with Crippen molar-refractivity contribution in [2.45, 2.75) is 88.4 Å². The summed E-state index contributed by atoms with van der Waals surface area (Å²) in [6, 6.07) is 0.349. The molecule has 2 heterocycles. The molecule has 3 atom stereocenters. The SMILES string of the molecule is NC(CCC1CCCO1)C1CCOC2(CCCCC2)C1. The fourth-order valence-corrected chi connectivity index (χ4v) is 4.46. The normalized spacial score (nSPS) is 35.2. The van der Waals surface area contributed by atoms with Gasteiger partial charge in [-0.05, 0) is 57.3 Å². The van der Waals surface area contributed by atoms with Crippen LogP contribution in [0.15, 0.2) is 0 Å². The number of nitrogens with two attached hydrogens (primary N) is 1. The van der Waals surface area contributed by atoms with Gasteiger partial charge in [-0.2, -0.15) is 0 Å². The second kappa shape index (κ2) is 6.76. The lowest BCUT2D eigenvalue weighted by molar-refractivity contribution is -0.120. The van der Waals surface area contributed by atoms with Gasteiger partial charge in [0.1, 0.15) is 0 Å². The van der Waals surface area contributed by atoms with Gasteiger partial charge in [0.15, 0.2) is 0 Å². The van der Waals surface area contributed by atoms with Gasteiger partial charge in [-0.15, -0.1) is 0 Å². The Balaban J connectivity index is 1.47. The molecule has 1 spiro atoms. The van der Waals surface area contributed by atoms with Crippen molar-refractivity contribution < 1.29 is 9.47 Å². The molecule has 1 aliphatic carbocycles. The average Bonchev–Trinajstić information content (AvgIpc) is 2.99. The maximum atomic E-state index is 6.51. The monoisotopic (exact) mass is 281 g/mol. The van der Waals surface area contributed by atoms with E-state index < -0.39 is 0 Å². The first kappa shape index (κ1) is 14.8. The smallest absolute Gasteiger partial charge is 0.0685 e. The first-order valence-electron chi connectivity index (χ1n) is 8.79. The highest BCUT2D eigenvalue weighted by Crippen LogP contribution is 2.41. The standard InChI is InChI=1S/C17H31NO2/c18-16(7-6-15-5-4-11-19-15)14-8-12-20-17(13-14)9-2-1-3-10-17/h14-16H,1-13,18H2. The van der Waals surface area contributed by atoms with Gasteiger partial charge in [0, 0.05) is 19.3 Å². The molecule has 3 fully saturated rings. The fourth-order valence-electron chi connectivity index (χ4n) is 4.46. The minimum atomic E-state index is 0.197.